The van der Waals surface area contributed by atoms with Crippen LogP contribution < -0.4 is 5.32 Å². The van der Waals surface area contributed by atoms with Gasteiger partial charge in [0.15, 0.2) is 0 Å². The average molecular weight is 331 g/mol. The van der Waals surface area contributed by atoms with Crippen LogP contribution >= 0.6 is 11.3 Å². The van der Waals surface area contributed by atoms with Gasteiger partial charge in [0, 0.05) is 15.3 Å². The van der Waals surface area contributed by atoms with Gasteiger partial charge in [-0.25, -0.2) is 4.39 Å². The molecule has 2 heterocycles. The molecule has 118 valence electrons. The topological polar surface area (TPSA) is 62.5 Å². The Morgan fingerprint density at radius 3 is 2.87 bits per heavy atom. The number of hydrogen-bond acceptors (Lipinski definition) is 4. The van der Waals surface area contributed by atoms with Crippen molar-refractivity contribution in [2.45, 2.75) is 12.6 Å². The van der Waals surface area contributed by atoms with E-state index in [9.17, 15) is 14.3 Å². The first-order valence-corrected chi connectivity index (χ1v) is 7.79. The summed E-state index contributed by atoms with van der Waals surface area (Å²) in [5, 5.41) is 12.9. The third-order valence-corrected chi connectivity index (χ3v) is 4.41. The molecule has 1 amide bonds. The molecule has 0 aliphatic carbocycles. The zero-order valence-electron chi connectivity index (χ0n) is 12.0. The number of rotatable bonds is 5. The van der Waals surface area contributed by atoms with Crippen molar-refractivity contribution in [3.63, 3.8) is 0 Å². The number of hydrogen-bond donors (Lipinski definition) is 2. The summed E-state index contributed by atoms with van der Waals surface area (Å²) in [6, 6.07) is 12.6. The monoisotopic (exact) mass is 331 g/mol. The second-order valence-electron chi connectivity index (χ2n) is 4.92. The van der Waals surface area contributed by atoms with Crippen LogP contribution in [0.15, 0.2) is 59.2 Å². The molecule has 0 bridgehead atoms. The van der Waals surface area contributed by atoms with Gasteiger partial charge in [0.2, 0.25) is 0 Å². The normalized spacial score (nSPS) is 12.1. The molecule has 0 radical (unpaired) electrons. The van der Waals surface area contributed by atoms with E-state index in [1.54, 1.807) is 24.3 Å². The van der Waals surface area contributed by atoms with Crippen LogP contribution in [0.4, 0.5) is 4.39 Å². The van der Waals surface area contributed by atoms with Crippen molar-refractivity contribution in [2.24, 2.45) is 0 Å². The maximum absolute atomic E-state index is 13.1. The summed E-state index contributed by atoms with van der Waals surface area (Å²) in [5.74, 6) is -0.314. The SMILES string of the molecule is O=C(NCc1ccc(C(O)c2ccco2)s1)c1cccc(F)c1. The highest BCUT2D eigenvalue weighted by molar-refractivity contribution is 7.12. The van der Waals surface area contributed by atoms with Crippen LogP contribution in [0, 0.1) is 5.82 Å². The van der Waals surface area contributed by atoms with Gasteiger partial charge in [-0.05, 0) is 42.5 Å². The molecular weight excluding hydrogens is 317 g/mol. The Bertz CT molecular complexity index is 798. The number of benzene rings is 1. The fraction of sp³-hybridized carbons (Fsp3) is 0.118. The van der Waals surface area contributed by atoms with Crippen molar-refractivity contribution >= 4 is 17.2 Å². The molecule has 1 atom stereocenters. The number of nitrogens with one attached hydrogen (secondary N) is 1. The van der Waals surface area contributed by atoms with Gasteiger partial charge in [-0.2, -0.15) is 0 Å². The molecule has 23 heavy (non-hydrogen) atoms. The van der Waals surface area contributed by atoms with Gasteiger partial charge < -0.3 is 14.8 Å². The summed E-state index contributed by atoms with van der Waals surface area (Å²) in [5.41, 5.74) is 0.275. The van der Waals surface area contributed by atoms with Crippen LogP contribution in [0.25, 0.3) is 0 Å². The zero-order chi connectivity index (χ0) is 16.2. The summed E-state index contributed by atoms with van der Waals surface area (Å²) < 4.78 is 18.3. The summed E-state index contributed by atoms with van der Waals surface area (Å²) in [7, 11) is 0. The Morgan fingerprint density at radius 1 is 1.26 bits per heavy atom. The molecule has 0 fully saturated rings. The molecule has 3 aromatic rings. The van der Waals surface area contributed by atoms with E-state index in [2.05, 4.69) is 5.32 Å². The van der Waals surface area contributed by atoms with Crippen molar-refractivity contribution in [1.29, 1.82) is 0 Å². The number of carbonyl (C=O) groups excluding carboxylic acids is 1. The van der Waals surface area contributed by atoms with Crippen LogP contribution in [0.2, 0.25) is 0 Å². The Morgan fingerprint density at radius 2 is 2.13 bits per heavy atom. The number of aliphatic hydroxyl groups excluding tert-OH is 1. The van der Waals surface area contributed by atoms with Crippen molar-refractivity contribution in [3.8, 4) is 0 Å². The van der Waals surface area contributed by atoms with Gasteiger partial charge in [0.1, 0.15) is 17.7 Å². The van der Waals surface area contributed by atoms with E-state index in [0.717, 1.165) is 9.75 Å². The molecule has 2 aromatic heterocycles. The first kappa shape index (κ1) is 15.5. The first-order valence-electron chi connectivity index (χ1n) is 6.97. The minimum Gasteiger partial charge on any atom is -0.466 e. The van der Waals surface area contributed by atoms with E-state index in [-0.39, 0.29) is 11.5 Å². The minimum absolute atomic E-state index is 0.275. The number of furan rings is 1. The molecule has 3 rings (SSSR count). The fourth-order valence-corrected chi connectivity index (χ4v) is 3.07. The molecule has 2 N–H and O–H groups in total. The van der Waals surface area contributed by atoms with E-state index < -0.39 is 11.9 Å². The largest absolute Gasteiger partial charge is 0.466 e. The van der Waals surface area contributed by atoms with Crippen LogP contribution in [0.3, 0.4) is 0 Å². The lowest BCUT2D eigenvalue weighted by Gasteiger charge is -2.05. The standard InChI is InChI=1S/C17H14FNO3S/c18-12-4-1-3-11(9-12)17(21)19-10-13-6-7-15(23-13)16(20)14-5-2-8-22-14/h1-9,16,20H,10H2,(H,19,21). The summed E-state index contributed by atoms with van der Waals surface area (Å²) >= 11 is 1.38. The Labute approximate surface area is 136 Å². The number of thiophene rings is 1. The molecule has 1 unspecified atom stereocenters. The Balaban J connectivity index is 1.62. The van der Waals surface area contributed by atoms with Crippen LogP contribution in [-0.4, -0.2) is 11.0 Å². The van der Waals surface area contributed by atoms with Gasteiger partial charge in [0.05, 0.1) is 12.8 Å². The van der Waals surface area contributed by atoms with Crippen molar-refractivity contribution < 1.29 is 18.7 Å². The Kier molecular flexibility index (Phi) is 4.55. The highest BCUT2D eigenvalue weighted by Gasteiger charge is 2.16. The van der Waals surface area contributed by atoms with E-state index in [1.165, 1.54) is 35.8 Å². The number of carbonyl (C=O) groups is 1. The molecule has 1 aromatic carbocycles. The maximum Gasteiger partial charge on any atom is 0.251 e. The lowest BCUT2D eigenvalue weighted by Crippen LogP contribution is -2.22. The van der Waals surface area contributed by atoms with E-state index >= 15 is 0 Å². The zero-order valence-corrected chi connectivity index (χ0v) is 12.8. The van der Waals surface area contributed by atoms with Gasteiger partial charge in [0.25, 0.3) is 5.91 Å². The predicted molar refractivity (Wildman–Crippen MR) is 84.7 cm³/mol. The summed E-state index contributed by atoms with van der Waals surface area (Å²) in [4.78, 5) is 13.6. The molecular formula is C17H14FNO3S. The van der Waals surface area contributed by atoms with E-state index in [4.69, 9.17) is 4.42 Å². The molecule has 0 spiro atoms. The highest BCUT2D eigenvalue weighted by atomic mass is 32.1. The highest BCUT2D eigenvalue weighted by Crippen LogP contribution is 2.28. The quantitative estimate of drug-likeness (QED) is 0.752. The molecule has 6 heteroatoms. The Hall–Kier alpha value is -2.44. The predicted octanol–water partition coefficient (Wildman–Crippen LogP) is 3.49. The van der Waals surface area contributed by atoms with Crippen LogP contribution in [-0.2, 0) is 6.54 Å². The van der Waals surface area contributed by atoms with Crippen molar-refractivity contribution in [2.75, 3.05) is 0 Å². The van der Waals surface area contributed by atoms with E-state index in [1.807, 2.05) is 6.07 Å². The smallest absolute Gasteiger partial charge is 0.251 e. The van der Waals surface area contributed by atoms with Gasteiger partial charge in [-0.15, -0.1) is 11.3 Å². The minimum atomic E-state index is -0.817. The molecule has 0 saturated heterocycles. The third kappa shape index (κ3) is 3.67. The second kappa shape index (κ2) is 6.76. The van der Waals surface area contributed by atoms with Gasteiger partial charge in [-0.3, -0.25) is 4.79 Å². The summed E-state index contributed by atoms with van der Waals surface area (Å²) in [6.07, 6.45) is 0.689. The lowest BCUT2D eigenvalue weighted by atomic mass is 10.2. The van der Waals surface area contributed by atoms with Gasteiger partial charge >= 0.3 is 0 Å². The number of aliphatic hydroxyl groups is 1. The van der Waals surface area contributed by atoms with Crippen LogP contribution in [0.1, 0.15) is 32.0 Å². The molecule has 0 saturated carbocycles. The fourth-order valence-electron chi connectivity index (χ4n) is 2.12. The maximum atomic E-state index is 13.1. The van der Waals surface area contributed by atoms with Crippen molar-refractivity contribution in [1.82, 2.24) is 5.32 Å². The second-order valence-corrected chi connectivity index (χ2v) is 6.11. The molecule has 0 aliphatic heterocycles. The molecule has 4 nitrogen and oxygen atoms in total. The van der Waals surface area contributed by atoms with Gasteiger partial charge in [-0.1, -0.05) is 6.07 Å². The van der Waals surface area contributed by atoms with E-state index in [0.29, 0.717) is 12.3 Å². The number of amides is 1. The van der Waals surface area contributed by atoms with Crippen LogP contribution in [0.5, 0.6) is 0 Å². The first-order chi connectivity index (χ1) is 11.1. The lowest BCUT2D eigenvalue weighted by molar-refractivity contribution is 0.0951. The third-order valence-electron chi connectivity index (χ3n) is 3.27. The number of halogens is 1. The average Bonchev–Trinajstić information content (AvgIpc) is 3.23. The molecule has 0 aliphatic rings. The summed E-state index contributed by atoms with van der Waals surface area (Å²) in [6.45, 7) is 0.310. The van der Waals surface area contributed by atoms with Crippen molar-refractivity contribution in [3.05, 3.63) is 81.7 Å².